The number of allylic oxidation sites excluding steroid dienone is 1. The summed E-state index contributed by atoms with van der Waals surface area (Å²) < 4.78 is 5.16. The summed E-state index contributed by atoms with van der Waals surface area (Å²) >= 11 is 0. The van der Waals surface area contributed by atoms with Gasteiger partial charge in [0.1, 0.15) is 12.6 Å². The fourth-order valence-corrected chi connectivity index (χ4v) is 3.59. The van der Waals surface area contributed by atoms with Gasteiger partial charge in [0.2, 0.25) is 5.91 Å². The van der Waals surface area contributed by atoms with Crippen molar-refractivity contribution < 1.29 is 14.3 Å². The van der Waals surface area contributed by atoms with Crippen LogP contribution in [0.5, 0.6) is 0 Å². The number of amides is 2. The zero-order chi connectivity index (χ0) is 20.6. The number of nitrogens with zero attached hydrogens (tertiary/aromatic N) is 4. The molecule has 1 aliphatic heterocycles. The topological polar surface area (TPSA) is 95.4 Å². The van der Waals surface area contributed by atoms with E-state index in [4.69, 9.17) is 10.3 Å². The van der Waals surface area contributed by atoms with Gasteiger partial charge in [0.05, 0.1) is 6.04 Å². The Labute approximate surface area is 169 Å². The maximum atomic E-state index is 13.4. The summed E-state index contributed by atoms with van der Waals surface area (Å²) in [5.74, 6) is -0.982. The molecule has 1 aliphatic rings. The van der Waals surface area contributed by atoms with Gasteiger partial charge in [-0.25, -0.2) is 9.69 Å². The van der Waals surface area contributed by atoms with Crippen molar-refractivity contribution in [2.75, 3.05) is 6.61 Å². The van der Waals surface area contributed by atoms with Gasteiger partial charge in [-0.3, -0.25) is 4.79 Å². The maximum Gasteiger partial charge on any atom is 0.416 e. The zero-order valence-electron chi connectivity index (χ0n) is 15.9. The van der Waals surface area contributed by atoms with Gasteiger partial charge < -0.3 is 4.74 Å². The molecule has 29 heavy (non-hydrogen) atoms. The molecule has 2 aromatic rings. The number of azide groups is 1. The summed E-state index contributed by atoms with van der Waals surface area (Å²) in [6.07, 6.45) is 1.86. The second kappa shape index (κ2) is 9.57. The van der Waals surface area contributed by atoms with Crippen molar-refractivity contribution in [3.8, 4) is 0 Å². The highest BCUT2D eigenvalue weighted by atomic mass is 16.6. The first-order chi connectivity index (χ1) is 14.2. The van der Waals surface area contributed by atoms with E-state index in [1.54, 1.807) is 6.08 Å². The summed E-state index contributed by atoms with van der Waals surface area (Å²) in [5.41, 5.74) is 10.9. The number of benzene rings is 2. The number of carbonyl (C=O) groups excluding carboxylic acids is 2. The first-order valence-corrected chi connectivity index (χ1v) is 9.39. The molecule has 0 N–H and O–H groups in total. The molecule has 2 amide bonds. The average Bonchev–Trinajstić information content (AvgIpc) is 3.11. The quantitative estimate of drug-likeness (QED) is 0.285. The smallest absolute Gasteiger partial charge is 0.416 e. The Hall–Kier alpha value is -3.57. The fourth-order valence-electron chi connectivity index (χ4n) is 3.59. The molecule has 0 spiro atoms. The van der Waals surface area contributed by atoms with Crippen molar-refractivity contribution in [2.24, 2.45) is 5.11 Å². The van der Waals surface area contributed by atoms with Gasteiger partial charge >= 0.3 is 6.09 Å². The van der Waals surface area contributed by atoms with Crippen LogP contribution in [0, 0.1) is 0 Å². The van der Waals surface area contributed by atoms with Gasteiger partial charge in [-0.2, -0.15) is 0 Å². The van der Waals surface area contributed by atoms with Gasteiger partial charge in [-0.05, 0) is 29.5 Å². The minimum Gasteiger partial charge on any atom is -0.447 e. The second-order valence-electron chi connectivity index (χ2n) is 6.82. The third kappa shape index (κ3) is 4.65. The Bertz CT molecular complexity index is 910. The Morgan fingerprint density at radius 1 is 1.24 bits per heavy atom. The van der Waals surface area contributed by atoms with Crippen LogP contribution in [0.25, 0.3) is 10.4 Å². The van der Waals surface area contributed by atoms with Crippen LogP contribution < -0.4 is 0 Å². The molecule has 7 heteroatoms. The number of imide groups is 1. The molecule has 2 aromatic carbocycles. The second-order valence-corrected chi connectivity index (χ2v) is 6.82. The number of hydrogen-bond donors (Lipinski definition) is 0. The van der Waals surface area contributed by atoms with Gasteiger partial charge in [0.15, 0.2) is 0 Å². The molecule has 3 atom stereocenters. The highest BCUT2D eigenvalue weighted by molar-refractivity contribution is 5.97. The summed E-state index contributed by atoms with van der Waals surface area (Å²) in [5, 5.41) is 3.77. The van der Waals surface area contributed by atoms with Crippen LogP contribution in [0.4, 0.5) is 4.79 Å². The lowest BCUT2D eigenvalue weighted by molar-refractivity contribution is -0.131. The van der Waals surface area contributed by atoms with E-state index in [1.807, 2.05) is 60.7 Å². The predicted octanol–water partition coefficient (Wildman–Crippen LogP) is 4.62. The summed E-state index contributed by atoms with van der Waals surface area (Å²) in [4.78, 5) is 29.7. The molecule has 0 aromatic heterocycles. The Balaban J connectivity index is 1.90. The van der Waals surface area contributed by atoms with Crippen molar-refractivity contribution in [2.45, 2.75) is 30.8 Å². The largest absolute Gasteiger partial charge is 0.447 e. The van der Waals surface area contributed by atoms with Crippen LogP contribution in [0.3, 0.4) is 0 Å². The van der Waals surface area contributed by atoms with E-state index in [-0.39, 0.29) is 6.61 Å². The number of rotatable bonds is 8. The van der Waals surface area contributed by atoms with E-state index >= 15 is 0 Å². The zero-order valence-corrected chi connectivity index (χ0v) is 15.9. The third-order valence-electron chi connectivity index (χ3n) is 4.97. The van der Waals surface area contributed by atoms with Gasteiger partial charge in [0.25, 0.3) is 0 Å². The highest BCUT2D eigenvalue weighted by Crippen LogP contribution is 2.30. The van der Waals surface area contributed by atoms with Crippen molar-refractivity contribution in [1.29, 1.82) is 0 Å². The molecule has 148 valence electrons. The van der Waals surface area contributed by atoms with Crippen LogP contribution in [0.2, 0.25) is 0 Å². The normalized spacial score (nSPS) is 17.7. The fraction of sp³-hybridized carbons (Fsp3) is 0.273. The third-order valence-corrected chi connectivity index (χ3v) is 4.97. The van der Waals surface area contributed by atoms with Gasteiger partial charge in [-0.1, -0.05) is 71.9 Å². The molecule has 3 unspecified atom stereocenters. The lowest BCUT2D eigenvalue weighted by atomic mass is 9.88. The minimum atomic E-state index is -1.08. The van der Waals surface area contributed by atoms with Crippen molar-refractivity contribution in [1.82, 2.24) is 4.90 Å². The minimum absolute atomic E-state index is 0.111. The number of cyclic esters (lactones) is 1. The molecule has 3 rings (SSSR count). The van der Waals surface area contributed by atoms with Crippen LogP contribution in [-0.4, -0.2) is 35.6 Å². The number of hydrogen-bond acceptors (Lipinski definition) is 4. The average molecular weight is 390 g/mol. The standard InChI is InChI=1S/C22H22N4O3/c1-2-9-19(17-12-7-4-8-13-17)20(24-25-23)21(27)26-18(15-29-22(26)28)14-16-10-5-3-6-11-16/h2-8,10-13,18-20H,1,9,14-15H2. The first-order valence-electron chi connectivity index (χ1n) is 9.39. The van der Waals surface area contributed by atoms with Crippen molar-refractivity contribution in [3.63, 3.8) is 0 Å². The molecule has 1 heterocycles. The monoisotopic (exact) mass is 390 g/mol. The van der Waals surface area contributed by atoms with E-state index < -0.39 is 30.0 Å². The molecule has 0 aliphatic carbocycles. The predicted molar refractivity (Wildman–Crippen MR) is 109 cm³/mol. The van der Waals surface area contributed by atoms with Crippen molar-refractivity contribution in [3.05, 3.63) is 94.9 Å². The van der Waals surface area contributed by atoms with E-state index in [0.29, 0.717) is 12.8 Å². The van der Waals surface area contributed by atoms with E-state index in [9.17, 15) is 9.59 Å². The van der Waals surface area contributed by atoms with Gasteiger partial charge in [0, 0.05) is 10.8 Å². The molecular formula is C22H22N4O3. The van der Waals surface area contributed by atoms with Crippen LogP contribution in [0.15, 0.2) is 78.4 Å². The Morgan fingerprint density at radius 2 is 1.90 bits per heavy atom. The van der Waals surface area contributed by atoms with E-state index in [0.717, 1.165) is 16.0 Å². The summed E-state index contributed by atoms with van der Waals surface area (Å²) in [6, 6.07) is 17.3. The first kappa shape index (κ1) is 20.2. The Kier molecular flexibility index (Phi) is 6.66. The molecule has 1 saturated heterocycles. The highest BCUT2D eigenvalue weighted by Gasteiger charge is 2.42. The molecule has 0 radical (unpaired) electrons. The van der Waals surface area contributed by atoms with Crippen LogP contribution >= 0.6 is 0 Å². The molecule has 0 saturated carbocycles. The number of ether oxygens (including phenoxy) is 1. The molecule has 1 fully saturated rings. The lowest BCUT2D eigenvalue weighted by Crippen LogP contribution is -2.46. The summed E-state index contributed by atoms with van der Waals surface area (Å²) in [6.45, 7) is 3.87. The van der Waals surface area contributed by atoms with Crippen molar-refractivity contribution >= 4 is 12.0 Å². The van der Waals surface area contributed by atoms with E-state index in [2.05, 4.69) is 16.6 Å². The van der Waals surface area contributed by atoms with Crippen LogP contribution in [-0.2, 0) is 16.0 Å². The maximum absolute atomic E-state index is 13.4. The number of carbonyl (C=O) groups is 2. The molecule has 7 nitrogen and oxygen atoms in total. The molecular weight excluding hydrogens is 368 g/mol. The summed E-state index contributed by atoms with van der Waals surface area (Å²) in [7, 11) is 0. The van der Waals surface area contributed by atoms with Crippen LogP contribution in [0.1, 0.15) is 23.5 Å². The SMILES string of the molecule is C=CCC(c1ccccc1)C(N=[N+]=[N-])C(=O)N1C(=O)OCC1Cc1ccccc1. The van der Waals surface area contributed by atoms with E-state index in [1.165, 1.54) is 0 Å². The Morgan fingerprint density at radius 3 is 2.52 bits per heavy atom. The van der Waals surface area contributed by atoms with Gasteiger partial charge in [-0.15, -0.1) is 6.58 Å². The molecule has 0 bridgehead atoms. The lowest BCUT2D eigenvalue weighted by Gasteiger charge is -2.27.